The van der Waals surface area contributed by atoms with Crippen LogP contribution < -0.4 is 14.8 Å². The van der Waals surface area contributed by atoms with Gasteiger partial charge in [0, 0.05) is 17.3 Å². The van der Waals surface area contributed by atoms with E-state index in [0.717, 1.165) is 29.7 Å². The normalized spacial score (nSPS) is 19.2. The number of carbonyl (C=O) groups excluding carboxylic acids is 1. The van der Waals surface area contributed by atoms with Gasteiger partial charge in [0.15, 0.2) is 11.5 Å². The van der Waals surface area contributed by atoms with Crippen molar-refractivity contribution in [3.05, 3.63) is 53.6 Å². The predicted molar refractivity (Wildman–Crippen MR) is 96.2 cm³/mol. The summed E-state index contributed by atoms with van der Waals surface area (Å²) in [5.41, 5.74) is 2.51. The number of methoxy groups -OCH3 is 1. The fourth-order valence-corrected chi connectivity index (χ4v) is 3.46. The zero-order chi connectivity index (χ0) is 17.4. The molecular weight excluding hydrogens is 316 g/mol. The molecule has 2 aromatic rings. The maximum atomic E-state index is 13.1. The number of fused-ring (bicyclic) bond motifs is 1. The number of amides is 1. The van der Waals surface area contributed by atoms with E-state index in [-0.39, 0.29) is 18.1 Å². The molecule has 2 aliphatic rings. The maximum absolute atomic E-state index is 13.1. The minimum Gasteiger partial charge on any atom is -0.492 e. The van der Waals surface area contributed by atoms with Crippen LogP contribution in [-0.4, -0.2) is 30.6 Å². The van der Waals surface area contributed by atoms with Crippen LogP contribution in [0.1, 0.15) is 41.9 Å². The molecule has 1 N–H and O–H groups in total. The average Bonchev–Trinajstić information content (AvgIpc) is 3.46. The number of anilines is 1. The Morgan fingerprint density at radius 3 is 2.68 bits per heavy atom. The van der Waals surface area contributed by atoms with Crippen LogP contribution in [0.5, 0.6) is 11.5 Å². The van der Waals surface area contributed by atoms with Crippen molar-refractivity contribution in [2.24, 2.45) is 0 Å². The van der Waals surface area contributed by atoms with Crippen LogP contribution in [0.4, 0.5) is 5.69 Å². The van der Waals surface area contributed by atoms with Crippen molar-refractivity contribution in [2.45, 2.75) is 32.0 Å². The van der Waals surface area contributed by atoms with Crippen LogP contribution in [0.3, 0.4) is 0 Å². The molecule has 1 fully saturated rings. The Hall–Kier alpha value is -2.69. The summed E-state index contributed by atoms with van der Waals surface area (Å²) < 4.78 is 11.4. The highest BCUT2D eigenvalue weighted by Crippen LogP contribution is 2.44. The fraction of sp³-hybridized carbons (Fsp3) is 0.350. The number of ether oxygens (including phenoxy) is 2. The second kappa shape index (κ2) is 6.31. The summed E-state index contributed by atoms with van der Waals surface area (Å²) in [7, 11) is 1.64. The van der Waals surface area contributed by atoms with E-state index in [1.54, 1.807) is 7.11 Å². The molecule has 1 aliphatic carbocycles. The van der Waals surface area contributed by atoms with Crippen molar-refractivity contribution in [1.82, 2.24) is 4.90 Å². The molecule has 0 saturated heterocycles. The van der Waals surface area contributed by atoms with Crippen LogP contribution in [0.25, 0.3) is 0 Å². The van der Waals surface area contributed by atoms with Crippen LogP contribution in [0.15, 0.2) is 42.5 Å². The highest BCUT2D eigenvalue weighted by atomic mass is 16.5. The Kier molecular flexibility index (Phi) is 3.99. The van der Waals surface area contributed by atoms with Crippen molar-refractivity contribution in [2.75, 3.05) is 19.0 Å². The van der Waals surface area contributed by atoms with E-state index in [0.29, 0.717) is 18.1 Å². The molecule has 0 spiro atoms. The van der Waals surface area contributed by atoms with Gasteiger partial charge >= 0.3 is 0 Å². The molecule has 130 valence electrons. The summed E-state index contributed by atoms with van der Waals surface area (Å²) in [6.07, 6.45) is 1.82. The van der Waals surface area contributed by atoms with Gasteiger partial charge in [0.25, 0.3) is 5.91 Å². The fourth-order valence-electron chi connectivity index (χ4n) is 3.46. The number of para-hydroxylation sites is 2. The lowest BCUT2D eigenvalue weighted by atomic mass is 10.0. The van der Waals surface area contributed by atoms with Crippen molar-refractivity contribution >= 4 is 11.6 Å². The van der Waals surface area contributed by atoms with E-state index in [1.807, 2.05) is 54.3 Å². The Morgan fingerprint density at radius 2 is 1.96 bits per heavy atom. The molecule has 1 amide bonds. The predicted octanol–water partition coefficient (Wildman–Crippen LogP) is 3.82. The lowest BCUT2D eigenvalue weighted by Gasteiger charge is -2.39. The van der Waals surface area contributed by atoms with Crippen molar-refractivity contribution < 1.29 is 14.3 Å². The molecular formula is C20H22N2O3. The largest absolute Gasteiger partial charge is 0.492 e. The molecule has 1 heterocycles. The topological polar surface area (TPSA) is 50.8 Å². The Labute approximate surface area is 147 Å². The molecule has 4 rings (SSSR count). The standard InChI is InChI=1S/C20H22N2O3/c1-3-25-17-10-6-8-15(18(17)24-2)19-21-16-9-5-4-7-14(16)20(23)22(19)13-11-12-13/h4-10,13,19,21H,3,11-12H2,1-2H3. The lowest BCUT2D eigenvalue weighted by molar-refractivity contribution is 0.0664. The van der Waals surface area contributed by atoms with Gasteiger partial charge in [-0.1, -0.05) is 24.3 Å². The van der Waals surface area contributed by atoms with E-state index in [4.69, 9.17) is 9.47 Å². The molecule has 25 heavy (non-hydrogen) atoms. The van der Waals surface area contributed by atoms with Gasteiger partial charge in [-0.15, -0.1) is 0 Å². The molecule has 5 nitrogen and oxygen atoms in total. The van der Waals surface area contributed by atoms with Crippen molar-refractivity contribution in [1.29, 1.82) is 0 Å². The monoisotopic (exact) mass is 338 g/mol. The van der Waals surface area contributed by atoms with Gasteiger partial charge in [0.05, 0.1) is 19.3 Å². The SMILES string of the molecule is CCOc1cccc(C2Nc3ccccc3C(=O)N2C2CC2)c1OC. The highest BCUT2D eigenvalue weighted by molar-refractivity contribution is 6.02. The lowest BCUT2D eigenvalue weighted by Crippen LogP contribution is -2.44. The molecule has 1 aliphatic heterocycles. The summed E-state index contributed by atoms with van der Waals surface area (Å²) >= 11 is 0. The number of benzene rings is 2. The summed E-state index contributed by atoms with van der Waals surface area (Å²) in [5, 5.41) is 3.53. The van der Waals surface area contributed by atoms with Gasteiger partial charge in [-0.25, -0.2) is 0 Å². The highest BCUT2D eigenvalue weighted by Gasteiger charge is 2.43. The van der Waals surface area contributed by atoms with Gasteiger partial charge in [-0.3, -0.25) is 4.79 Å². The molecule has 0 radical (unpaired) electrons. The number of nitrogens with zero attached hydrogens (tertiary/aromatic N) is 1. The van der Waals surface area contributed by atoms with Crippen LogP contribution in [0.2, 0.25) is 0 Å². The molecule has 1 saturated carbocycles. The van der Waals surface area contributed by atoms with Gasteiger partial charge < -0.3 is 19.7 Å². The smallest absolute Gasteiger partial charge is 0.258 e. The first-order valence-electron chi connectivity index (χ1n) is 8.72. The molecule has 5 heteroatoms. The van der Waals surface area contributed by atoms with Crippen LogP contribution >= 0.6 is 0 Å². The molecule has 0 aromatic heterocycles. The first kappa shape index (κ1) is 15.8. The minimum atomic E-state index is -0.259. The van der Waals surface area contributed by atoms with Crippen LogP contribution in [0, 0.1) is 0 Å². The maximum Gasteiger partial charge on any atom is 0.258 e. The zero-order valence-corrected chi connectivity index (χ0v) is 14.5. The Bertz CT molecular complexity index is 801. The molecule has 1 atom stereocenters. The van der Waals surface area contributed by atoms with E-state index < -0.39 is 0 Å². The summed E-state index contributed by atoms with van der Waals surface area (Å²) in [6, 6.07) is 13.8. The number of hydrogen-bond acceptors (Lipinski definition) is 4. The Balaban J connectivity index is 1.81. The number of nitrogens with one attached hydrogen (secondary N) is 1. The van der Waals surface area contributed by atoms with Gasteiger partial charge in [0.2, 0.25) is 0 Å². The van der Waals surface area contributed by atoms with E-state index in [1.165, 1.54) is 0 Å². The number of hydrogen-bond donors (Lipinski definition) is 1. The number of carbonyl (C=O) groups is 1. The van der Waals surface area contributed by atoms with Gasteiger partial charge in [-0.05, 0) is 38.0 Å². The third-order valence-corrected chi connectivity index (χ3v) is 4.71. The van der Waals surface area contributed by atoms with Gasteiger partial charge in [-0.2, -0.15) is 0 Å². The molecule has 0 bridgehead atoms. The summed E-state index contributed by atoms with van der Waals surface area (Å²) in [6.45, 7) is 2.51. The van der Waals surface area contributed by atoms with Crippen molar-refractivity contribution in [3.63, 3.8) is 0 Å². The third-order valence-electron chi connectivity index (χ3n) is 4.71. The average molecular weight is 338 g/mol. The van der Waals surface area contributed by atoms with E-state index in [9.17, 15) is 4.79 Å². The quantitative estimate of drug-likeness (QED) is 0.900. The zero-order valence-electron chi connectivity index (χ0n) is 14.5. The minimum absolute atomic E-state index is 0.0747. The van der Waals surface area contributed by atoms with E-state index in [2.05, 4.69) is 5.32 Å². The summed E-state index contributed by atoms with van der Waals surface area (Å²) in [5.74, 6) is 1.46. The van der Waals surface area contributed by atoms with Crippen molar-refractivity contribution in [3.8, 4) is 11.5 Å². The van der Waals surface area contributed by atoms with Gasteiger partial charge in [0.1, 0.15) is 6.17 Å². The Morgan fingerprint density at radius 1 is 1.16 bits per heavy atom. The second-order valence-electron chi connectivity index (χ2n) is 6.35. The second-order valence-corrected chi connectivity index (χ2v) is 6.35. The molecule has 1 unspecified atom stereocenters. The van der Waals surface area contributed by atoms with Crippen LogP contribution in [-0.2, 0) is 0 Å². The third kappa shape index (κ3) is 2.69. The number of rotatable bonds is 5. The first-order valence-corrected chi connectivity index (χ1v) is 8.72. The molecule has 2 aromatic carbocycles. The first-order chi connectivity index (χ1) is 12.2. The summed E-state index contributed by atoms with van der Waals surface area (Å²) in [4.78, 5) is 15.1. The van der Waals surface area contributed by atoms with E-state index >= 15 is 0 Å².